The molecular weight excluding hydrogens is 396 g/mol. The van der Waals surface area contributed by atoms with Crippen molar-refractivity contribution in [3.63, 3.8) is 0 Å². The van der Waals surface area contributed by atoms with Crippen LogP contribution < -0.4 is 4.90 Å². The number of fused-ring (bicyclic) bond motifs is 1. The van der Waals surface area contributed by atoms with Gasteiger partial charge in [-0.3, -0.25) is 0 Å². The SMILES string of the molecule is OCc1cccc(-c2nc(N3CCOCC3)c3nnn(-c4cccc(CO)c4)c3n2)c1. The molecule has 1 saturated heterocycles. The van der Waals surface area contributed by atoms with Gasteiger partial charge in [0, 0.05) is 18.7 Å². The van der Waals surface area contributed by atoms with Crippen LogP contribution in [0.15, 0.2) is 48.5 Å². The summed E-state index contributed by atoms with van der Waals surface area (Å²) in [5, 5.41) is 27.8. The monoisotopic (exact) mass is 418 g/mol. The molecule has 3 heterocycles. The van der Waals surface area contributed by atoms with Crippen LogP contribution in [0.1, 0.15) is 11.1 Å². The van der Waals surface area contributed by atoms with Crippen molar-refractivity contribution in [3.8, 4) is 17.1 Å². The van der Waals surface area contributed by atoms with Gasteiger partial charge in [0.15, 0.2) is 22.8 Å². The summed E-state index contributed by atoms with van der Waals surface area (Å²) in [6, 6.07) is 15.0. The van der Waals surface area contributed by atoms with Crippen LogP contribution in [-0.4, -0.2) is 61.5 Å². The summed E-state index contributed by atoms with van der Waals surface area (Å²) in [7, 11) is 0. The summed E-state index contributed by atoms with van der Waals surface area (Å²) < 4.78 is 7.17. The third kappa shape index (κ3) is 3.74. The molecule has 2 aromatic carbocycles. The first kappa shape index (κ1) is 19.6. The Morgan fingerprint density at radius 1 is 0.903 bits per heavy atom. The number of aliphatic hydroxyl groups excluding tert-OH is 2. The maximum Gasteiger partial charge on any atom is 0.189 e. The predicted molar refractivity (Wildman–Crippen MR) is 115 cm³/mol. The molecule has 31 heavy (non-hydrogen) atoms. The van der Waals surface area contributed by atoms with E-state index in [1.165, 1.54) is 0 Å². The zero-order valence-electron chi connectivity index (χ0n) is 16.8. The number of hydrogen-bond donors (Lipinski definition) is 2. The van der Waals surface area contributed by atoms with Gasteiger partial charge < -0.3 is 19.8 Å². The molecular formula is C22H22N6O3. The maximum absolute atomic E-state index is 9.54. The van der Waals surface area contributed by atoms with Gasteiger partial charge in [0.1, 0.15) is 0 Å². The molecule has 1 aliphatic heterocycles. The fourth-order valence-corrected chi connectivity index (χ4v) is 3.69. The second-order valence-corrected chi connectivity index (χ2v) is 7.33. The summed E-state index contributed by atoms with van der Waals surface area (Å²) in [6.45, 7) is 2.53. The number of nitrogens with zero attached hydrogens (tertiary/aromatic N) is 6. The van der Waals surface area contributed by atoms with Gasteiger partial charge in [0.05, 0.1) is 32.1 Å². The van der Waals surface area contributed by atoms with E-state index in [1.54, 1.807) is 4.68 Å². The van der Waals surface area contributed by atoms with Crippen molar-refractivity contribution in [2.75, 3.05) is 31.2 Å². The first-order chi connectivity index (χ1) is 15.3. The number of benzene rings is 2. The van der Waals surface area contributed by atoms with Crippen LogP contribution in [0.25, 0.3) is 28.2 Å². The van der Waals surface area contributed by atoms with Crippen LogP contribution in [0.2, 0.25) is 0 Å². The molecule has 5 rings (SSSR count). The lowest BCUT2D eigenvalue weighted by Crippen LogP contribution is -2.37. The minimum absolute atomic E-state index is 0.0557. The van der Waals surface area contributed by atoms with Crippen LogP contribution in [0.3, 0.4) is 0 Å². The number of morpholine rings is 1. The van der Waals surface area contributed by atoms with E-state index >= 15 is 0 Å². The molecule has 0 amide bonds. The molecule has 0 unspecified atom stereocenters. The van der Waals surface area contributed by atoms with Crippen LogP contribution in [0.5, 0.6) is 0 Å². The van der Waals surface area contributed by atoms with E-state index in [9.17, 15) is 10.2 Å². The Morgan fingerprint density at radius 2 is 1.65 bits per heavy atom. The lowest BCUT2D eigenvalue weighted by molar-refractivity contribution is 0.122. The molecule has 1 fully saturated rings. The molecule has 2 N–H and O–H groups in total. The van der Waals surface area contributed by atoms with Gasteiger partial charge in [0.25, 0.3) is 0 Å². The second kappa shape index (κ2) is 8.38. The minimum Gasteiger partial charge on any atom is -0.392 e. The minimum atomic E-state index is -0.0618. The van der Waals surface area contributed by atoms with E-state index in [2.05, 4.69) is 15.2 Å². The van der Waals surface area contributed by atoms with Crippen LogP contribution >= 0.6 is 0 Å². The molecule has 0 spiro atoms. The Kier molecular flexibility index (Phi) is 5.29. The van der Waals surface area contributed by atoms with E-state index in [0.29, 0.717) is 49.1 Å². The van der Waals surface area contributed by atoms with Crippen molar-refractivity contribution in [1.29, 1.82) is 0 Å². The second-order valence-electron chi connectivity index (χ2n) is 7.33. The van der Waals surface area contributed by atoms with E-state index in [0.717, 1.165) is 22.4 Å². The molecule has 0 atom stereocenters. The van der Waals surface area contributed by atoms with Gasteiger partial charge in [-0.1, -0.05) is 35.5 Å². The first-order valence-corrected chi connectivity index (χ1v) is 10.1. The van der Waals surface area contributed by atoms with Crippen molar-refractivity contribution < 1.29 is 14.9 Å². The molecule has 4 aromatic rings. The first-order valence-electron chi connectivity index (χ1n) is 10.1. The number of rotatable bonds is 5. The third-order valence-corrected chi connectivity index (χ3v) is 5.30. The van der Waals surface area contributed by atoms with Crippen molar-refractivity contribution >= 4 is 17.0 Å². The van der Waals surface area contributed by atoms with Crippen molar-refractivity contribution in [1.82, 2.24) is 25.0 Å². The van der Waals surface area contributed by atoms with E-state index in [-0.39, 0.29) is 13.2 Å². The zero-order chi connectivity index (χ0) is 21.2. The standard InChI is InChI=1S/C22H22N6O3/c29-13-15-3-1-5-17(11-15)20-23-21(27-7-9-31-10-8-27)19-22(24-20)28(26-25-19)18-6-2-4-16(12-18)14-30/h1-6,11-12,29-30H,7-10,13-14H2. The van der Waals surface area contributed by atoms with Gasteiger partial charge in [-0.05, 0) is 29.3 Å². The van der Waals surface area contributed by atoms with Gasteiger partial charge in [-0.25, -0.2) is 9.97 Å². The molecule has 1 aliphatic rings. The largest absolute Gasteiger partial charge is 0.392 e. The average Bonchev–Trinajstić information content (AvgIpc) is 3.28. The molecule has 0 radical (unpaired) electrons. The fraction of sp³-hybridized carbons (Fsp3) is 0.273. The van der Waals surface area contributed by atoms with Gasteiger partial charge in [-0.2, -0.15) is 4.68 Å². The average molecular weight is 418 g/mol. The van der Waals surface area contributed by atoms with Crippen LogP contribution in [0.4, 0.5) is 5.82 Å². The van der Waals surface area contributed by atoms with E-state index in [1.807, 2.05) is 48.5 Å². The highest BCUT2D eigenvalue weighted by atomic mass is 16.5. The smallest absolute Gasteiger partial charge is 0.189 e. The fourth-order valence-electron chi connectivity index (χ4n) is 3.69. The number of aromatic nitrogens is 5. The summed E-state index contributed by atoms with van der Waals surface area (Å²) in [5.74, 6) is 1.24. The van der Waals surface area contributed by atoms with E-state index in [4.69, 9.17) is 14.7 Å². The Bertz CT molecular complexity index is 1220. The molecule has 9 nitrogen and oxygen atoms in total. The Morgan fingerprint density at radius 3 is 2.42 bits per heavy atom. The topological polar surface area (TPSA) is 109 Å². The van der Waals surface area contributed by atoms with Crippen LogP contribution in [-0.2, 0) is 18.0 Å². The Balaban J connectivity index is 1.71. The summed E-state index contributed by atoms with van der Waals surface area (Å²) in [4.78, 5) is 11.8. The highest BCUT2D eigenvalue weighted by molar-refractivity contribution is 5.86. The highest BCUT2D eigenvalue weighted by Crippen LogP contribution is 2.28. The highest BCUT2D eigenvalue weighted by Gasteiger charge is 2.22. The maximum atomic E-state index is 9.54. The molecule has 158 valence electrons. The Hall–Kier alpha value is -3.40. The van der Waals surface area contributed by atoms with Crippen LogP contribution in [0, 0.1) is 0 Å². The van der Waals surface area contributed by atoms with Crippen molar-refractivity contribution in [2.24, 2.45) is 0 Å². The summed E-state index contributed by atoms with van der Waals surface area (Å²) in [5.41, 5.74) is 4.32. The van der Waals surface area contributed by atoms with Crippen molar-refractivity contribution in [2.45, 2.75) is 13.2 Å². The molecule has 0 saturated carbocycles. The lowest BCUT2D eigenvalue weighted by Gasteiger charge is -2.28. The quantitative estimate of drug-likeness (QED) is 0.504. The van der Waals surface area contributed by atoms with Crippen molar-refractivity contribution in [3.05, 3.63) is 59.7 Å². The molecule has 0 bridgehead atoms. The zero-order valence-corrected chi connectivity index (χ0v) is 16.8. The van der Waals surface area contributed by atoms with Gasteiger partial charge in [-0.15, -0.1) is 5.10 Å². The summed E-state index contributed by atoms with van der Waals surface area (Å²) in [6.07, 6.45) is 0. The predicted octanol–water partition coefficient (Wildman–Crippen LogP) is 1.70. The normalized spacial score (nSPS) is 14.3. The number of hydrogen-bond acceptors (Lipinski definition) is 8. The molecule has 9 heteroatoms. The Labute approximate surface area is 178 Å². The summed E-state index contributed by atoms with van der Waals surface area (Å²) >= 11 is 0. The van der Waals surface area contributed by atoms with E-state index < -0.39 is 0 Å². The molecule has 2 aromatic heterocycles. The van der Waals surface area contributed by atoms with Gasteiger partial charge in [0.2, 0.25) is 0 Å². The third-order valence-electron chi connectivity index (χ3n) is 5.30. The van der Waals surface area contributed by atoms with Gasteiger partial charge >= 0.3 is 0 Å². The number of aliphatic hydroxyl groups is 2. The number of ether oxygens (including phenoxy) is 1. The lowest BCUT2D eigenvalue weighted by atomic mass is 10.1. The number of anilines is 1. The molecule has 0 aliphatic carbocycles.